The number of anilines is 1. The van der Waals surface area contributed by atoms with E-state index < -0.39 is 17.5 Å². The normalized spacial score (nSPS) is 10.4. The molecule has 2 N–H and O–H groups in total. The third-order valence-corrected chi connectivity index (χ3v) is 3.61. The molecule has 0 bridgehead atoms. The zero-order chi connectivity index (χ0) is 15.2. The molecular weight excluding hydrogens is 296 g/mol. The van der Waals surface area contributed by atoms with Gasteiger partial charge in [0.1, 0.15) is 17.3 Å². The number of nitrogens with one attached hydrogen (secondary N) is 2. The first-order chi connectivity index (χ1) is 10.1. The number of halogens is 2. The highest BCUT2D eigenvalue weighted by Gasteiger charge is 2.14. The lowest BCUT2D eigenvalue weighted by Crippen LogP contribution is -2.26. The average Bonchev–Trinajstić information content (AvgIpc) is 2.95. The maximum absolute atomic E-state index is 13.7. The number of aromatic nitrogens is 1. The Kier molecular flexibility index (Phi) is 5.21. The van der Waals surface area contributed by atoms with E-state index in [2.05, 4.69) is 15.6 Å². The molecule has 1 aromatic carbocycles. The summed E-state index contributed by atoms with van der Waals surface area (Å²) < 4.78 is 27.4. The molecule has 112 valence electrons. The Morgan fingerprint density at radius 3 is 2.62 bits per heavy atom. The van der Waals surface area contributed by atoms with Crippen molar-refractivity contribution < 1.29 is 13.6 Å². The van der Waals surface area contributed by atoms with Crippen LogP contribution >= 0.6 is 11.3 Å². The molecule has 2 aromatic rings. The Morgan fingerprint density at radius 2 is 2.05 bits per heavy atom. The highest BCUT2D eigenvalue weighted by molar-refractivity contribution is 7.09. The van der Waals surface area contributed by atoms with Gasteiger partial charge in [0.05, 0.1) is 5.01 Å². The van der Waals surface area contributed by atoms with E-state index in [0.717, 1.165) is 17.1 Å². The first kappa shape index (κ1) is 15.4. The van der Waals surface area contributed by atoms with Crippen molar-refractivity contribution in [2.45, 2.75) is 13.3 Å². The van der Waals surface area contributed by atoms with Gasteiger partial charge in [-0.05, 0) is 19.1 Å². The average molecular weight is 311 g/mol. The molecule has 0 saturated heterocycles. The fourth-order valence-corrected chi connectivity index (χ4v) is 2.43. The van der Waals surface area contributed by atoms with Gasteiger partial charge in [0.2, 0.25) is 0 Å². The zero-order valence-corrected chi connectivity index (χ0v) is 12.3. The molecule has 7 heteroatoms. The third kappa shape index (κ3) is 3.98. The van der Waals surface area contributed by atoms with E-state index in [0.29, 0.717) is 19.5 Å². The monoisotopic (exact) mass is 311 g/mol. The van der Waals surface area contributed by atoms with Crippen LogP contribution in [0.15, 0.2) is 23.7 Å². The van der Waals surface area contributed by atoms with E-state index in [1.54, 1.807) is 13.1 Å². The fraction of sp³-hybridized carbons (Fsp3) is 0.286. The second kappa shape index (κ2) is 7.12. The van der Waals surface area contributed by atoms with Crippen molar-refractivity contribution in [3.63, 3.8) is 0 Å². The number of carbonyl (C=O) groups is 1. The zero-order valence-electron chi connectivity index (χ0n) is 11.5. The maximum atomic E-state index is 13.7. The molecule has 0 unspecified atom stereocenters. The second-order valence-corrected chi connectivity index (χ2v) is 5.26. The van der Waals surface area contributed by atoms with Crippen LogP contribution in [0.5, 0.6) is 0 Å². The molecule has 0 aliphatic rings. The lowest BCUT2D eigenvalue weighted by molar-refractivity contribution is 0.0953. The summed E-state index contributed by atoms with van der Waals surface area (Å²) in [5, 5.41) is 7.95. The van der Waals surface area contributed by atoms with Crippen molar-refractivity contribution in [1.82, 2.24) is 10.3 Å². The molecule has 4 nitrogen and oxygen atoms in total. The number of carbonyl (C=O) groups excluding carboxylic acids is 1. The van der Waals surface area contributed by atoms with Crippen molar-refractivity contribution >= 4 is 22.9 Å². The summed E-state index contributed by atoms with van der Waals surface area (Å²) in [6.45, 7) is 2.50. The number of thiazole rings is 1. The predicted octanol–water partition coefficient (Wildman–Crippen LogP) is 2.83. The minimum Gasteiger partial charge on any atom is -0.381 e. The van der Waals surface area contributed by atoms with Gasteiger partial charge in [0, 0.05) is 36.7 Å². The first-order valence-corrected chi connectivity index (χ1v) is 7.39. The second-order valence-electron chi connectivity index (χ2n) is 4.28. The van der Waals surface area contributed by atoms with Gasteiger partial charge < -0.3 is 10.6 Å². The lowest BCUT2D eigenvalue weighted by Gasteiger charge is -2.09. The molecule has 0 saturated carbocycles. The minimum absolute atomic E-state index is 0.0363. The van der Waals surface area contributed by atoms with E-state index in [1.807, 2.05) is 5.38 Å². The summed E-state index contributed by atoms with van der Waals surface area (Å²) >= 11 is 1.49. The summed E-state index contributed by atoms with van der Waals surface area (Å²) in [6.07, 6.45) is 2.27. The molecule has 0 aliphatic carbocycles. The summed E-state index contributed by atoms with van der Waals surface area (Å²) in [6, 6.07) is 2.06. The number of nitrogens with zero attached hydrogens (tertiary/aromatic N) is 1. The SMILES string of the molecule is CCNc1c(F)cc(C(=O)NCCc2nccs2)cc1F. The van der Waals surface area contributed by atoms with E-state index in [9.17, 15) is 13.6 Å². The molecular formula is C14H15F2N3OS. The minimum atomic E-state index is -0.776. The van der Waals surface area contributed by atoms with Gasteiger partial charge in [-0.25, -0.2) is 13.8 Å². The van der Waals surface area contributed by atoms with E-state index in [1.165, 1.54) is 11.3 Å². The van der Waals surface area contributed by atoms with Crippen LogP contribution in [0.2, 0.25) is 0 Å². The van der Waals surface area contributed by atoms with Crippen LogP contribution in [0.3, 0.4) is 0 Å². The van der Waals surface area contributed by atoms with Gasteiger partial charge in [-0.1, -0.05) is 0 Å². The highest BCUT2D eigenvalue weighted by Crippen LogP contribution is 2.20. The lowest BCUT2D eigenvalue weighted by atomic mass is 10.1. The number of hydrogen-bond acceptors (Lipinski definition) is 4. The smallest absolute Gasteiger partial charge is 0.251 e. The van der Waals surface area contributed by atoms with Crippen molar-refractivity contribution in [1.29, 1.82) is 0 Å². The van der Waals surface area contributed by atoms with Gasteiger partial charge in [-0.2, -0.15) is 0 Å². The number of hydrogen-bond donors (Lipinski definition) is 2. The molecule has 0 atom stereocenters. The Morgan fingerprint density at radius 1 is 1.33 bits per heavy atom. The third-order valence-electron chi connectivity index (χ3n) is 2.77. The maximum Gasteiger partial charge on any atom is 0.251 e. The number of benzene rings is 1. The van der Waals surface area contributed by atoms with Crippen molar-refractivity contribution in [3.8, 4) is 0 Å². The van der Waals surface area contributed by atoms with Crippen LogP contribution in [0.1, 0.15) is 22.3 Å². The highest BCUT2D eigenvalue weighted by atomic mass is 32.1. The fourth-order valence-electron chi connectivity index (χ4n) is 1.81. The molecule has 21 heavy (non-hydrogen) atoms. The van der Waals surface area contributed by atoms with Gasteiger partial charge in [0.25, 0.3) is 5.91 Å². The molecule has 1 aromatic heterocycles. The van der Waals surface area contributed by atoms with E-state index in [-0.39, 0.29) is 11.3 Å². The Bertz CT molecular complexity index is 594. The molecule has 1 heterocycles. The summed E-state index contributed by atoms with van der Waals surface area (Å²) in [5.41, 5.74) is -0.248. The largest absolute Gasteiger partial charge is 0.381 e. The van der Waals surface area contributed by atoms with Gasteiger partial charge in [-0.3, -0.25) is 4.79 Å². The molecule has 0 radical (unpaired) electrons. The predicted molar refractivity (Wildman–Crippen MR) is 78.7 cm³/mol. The quantitative estimate of drug-likeness (QED) is 0.862. The summed E-state index contributed by atoms with van der Waals surface area (Å²) in [5.74, 6) is -2.06. The Labute approximate surface area is 125 Å². The number of amides is 1. The van der Waals surface area contributed by atoms with Crippen molar-refractivity contribution in [2.24, 2.45) is 0 Å². The number of rotatable bonds is 6. The van der Waals surface area contributed by atoms with Crippen LogP contribution < -0.4 is 10.6 Å². The van der Waals surface area contributed by atoms with Gasteiger partial charge >= 0.3 is 0 Å². The van der Waals surface area contributed by atoms with Crippen molar-refractivity contribution in [2.75, 3.05) is 18.4 Å². The molecule has 1 amide bonds. The topological polar surface area (TPSA) is 54.0 Å². The first-order valence-electron chi connectivity index (χ1n) is 6.51. The summed E-state index contributed by atoms with van der Waals surface area (Å²) in [4.78, 5) is 15.9. The molecule has 2 rings (SSSR count). The van der Waals surface area contributed by atoms with Crippen LogP contribution in [-0.2, 0) is 6.42 Å². The van der Waals surface area contributed by atoms with E-state index >= 15 is 0 Å². The van der Waals surface area contributed by atoms with Crippen LogP contribution in [-0.4, -0.2) is 24.0 Å². The molecule has 0 fully saturated rings. The van der Waals surface area contributed by atoms with Crippen molar-refractivity contribution in [3.05, 3.63) is 45.9 Å². The van der Waals surface area contributed by atoms with Crippen LogP contribution in [0, 0.1) is 11.6 Å². The van der Waals surface area contributed by atoms with Gasteiger partial charge in [0.15, 0.2) is 0 Å². The van der Waals surface area contributed by atoms with Crippen LogP contribution in [0.25, 0.3) is 0 Å². The standard InChI is InChI=1S/C14H15F2N3OS/c1-2-17-13-10(15)7-9(8-11(13)16)14(20)19-4-3-12-18-5-6-21-12/h5-8,17H,2-4H2,1H3,(H,19,20). The Hall–Kier alpha value is -2.02. The summed E-state index contributed by atoms with van der Waals surface area (Å²) in [7, 11) is 0. The molecule has 0 aliphatic heterocycles. The Balaban J connectivity index is 1.99. The van der Waals surface area contributed by atoms with Crippen LogP contribution in [0.4, 0.5) is 14.5 Å². The molecule has 0 spiro atoms. The van der Waals surface area contributed by atoms with Gasteiger partial charge in [-0.15, -0.1) is 11.3 Å². The van der Waals surface area contributed by atoms with E-state index in [4.69, 9.17) is 0 Å².